The van der Waals surface area contributed by atoms with Gasteiger partial charge in [0, 0.05) is 17.5 Å². The van der Waals surface area contributed by atoms with Crippen LogP contribution in [0.15, 0.2) is 54.7 Å². The molecule has 2 heterocycles. The average molecular weight is 374 g/mol. The summed E-state index contributed by atoms with van der Waals surface area (Å²) in [6.07, 6.45) is 2.21. The van der Waals surface area contributed by atoms with E-state index in [-0.39, 0.29) is 11.8 Å². The Hall–Kier alpha value is -3.41. The minimum Gasteiger partial charge on any atom is -0.340 e. The minimum atomic E-state index is -0.607. The van der Waals surface area contributed by atoms with E-state index < -0.39 is 6.04 Å². The molecule has 2 aromatic carbocycles. The van der Waals surface area contributed by atoms with Crippen LogP contribution in [-0.4, -0.2) is 27.6 Å². The van der Waals surface area contributed by atoms with Crippen LogP contribution in [0.25, 0.3) is 0 Å². The third-order valence-electron chi connectivity index (χ3n) is 4.99. The number of anilines is 1. The molecule has 2 N–H and O–H groups in total. The number of benzene rings is 2. The number of hydrogen-bond donors (Lipinski definition) is 2. The number of aromatic nitrogens is 2. The van der Waals surface area contributed by atoms with Crippen LogP contribution in [0.4, 0.5) is 5.82 Å². The molecule has 3 aromatic rings. The van der Waals surface area contributed by atoms with Crippen LogP contribution in [0.2, 0.25) is 0 Å². The first kappa shape index (κ1) is 18.0. The Bertz CT molecular complexity index is 1050. The third kappa shape index (κ3) is 3.53. The van der Waals surface area contributed by atoms with Crippen molar-refractivity contribution in [3.05, 3.63) is 82.5 Å². The highest BCUT2D eigenvalue weighted by Gasteiger charge is 2.29. The van der Waals surface area contributed by atoms with Crippen LogP contribution in [0.3, 0.4) is 0 Å². The van der Waals surface area contributed by atoms with Crippen molar-refractivity contribution in [3.63, 3.8) is 0 Å². The van der Waals surface area contributed by atoms with Gasteiger partial charge in [-0.3, -0.25) is 9.59 Å². The molecule has 142 valence electrons. The first-order valence-corrected chi connectivity index (χ1v) is 9.29. The monoisotopic (exact) mass is 374 g/mol. The molecule has 0 saturated carbocycles. The molecule has 0 radical (unpaired) electrons. The van der Waals surface area contributed by atoms with Gasteiger partial charge in [0.1, 0.15) is 11.9 Å². The molecular weight excluding hydrogens is 352 g/mol. The first-order valence-electron chi connectivity index (χ1n) is 9.29. The second-order valence-electron chi connectivity index (χ2n) is 7.20. The van der Waals surface area contributed by atoms with Gasteiger partial charge in [0.05, 0.1) is 12.7 Å². The number of nitrogens with one attached hydrogen (secondary N) is 2. The SMILES string of the molecule is Cc1cccc(Cn2ncc(C)c2NC(=O)C2Cc3ccccc3C(=O)N2)c1. The van der Waals surface area contributed by atoms with Crippen LogP contribution in [0.1, 0.15) is 32.6 Å². The number of amides is 2. The van der Waals surface area contributed by atoms with E-state index in [0.717, 1.165) is 16.7 Å². The van der Waals surface area contributed by atoms with Gasteiger partial charge in [-0.1, -0.05) is 48.0 Å². The molecule has 4 rings (SSSR count). The highest BCUT2D eigenvalue weighted by atomic mass is 16.2. The lowest BCUT2D eigenvalue weighted by Gasteiger charge is -2.25. The third-order valence-corrected chi connectivity index (χ3v) is 4.99. The quantitative estimate of drug-likeness (QED) is 0.737. The molecule has 0 aliphatic carbocycles. The largest absolute Gasteiger partial charge is 0.340 e. The van der Waals surface area contributed by atoms with Gasteiger partial charge in [0.15, 0.2) is 0 Å². The zero-order valence-corrected chi connectivity index (χ0v) is 15.9. The molecule has 6 nitrogen and oxygen atoms in total. The van der Waals surface area contributed by atoms with Crippen molar-refractivity contribution >= 4 is 17.6 Å². The number of nitrogens with zero attached hydrogens (tertiary/aromatic N) is 2. The van der Waals surface area contributed by atoms with Gasteiger partial charge in [-0.15, -0.1) is 0 Å². The molecule has 1 unspecified atom stereocenters. The lowest BCUT2D eigenvalue weighted by atomic mass is 9.95. The van der Waals surface area contributed by atoms with E-state index in [1.807, 2.05) is 50.2 Å². The summed E-state index contributed by atoms with van der Waals surface area (Å²) in [5.41, 5.74) is 4.68. The van der Waals surface area contributed by atoms with E-state index in [4.69, 9.17) is 0 Å². The standard InChI is InChI=1S/C22H22N4O2/c1-14-6-5-7-16(10-14)13-26-20(15(2)12-23-26)25-22(28)19-11-17-8-3-4-9-18(17)21(27)24-19/h3-10,12,19H,11,13H2,1-2H3,(H,24,27)(H,25,28). The molecule has 0 fully saturated rings. The van der Waals surface area contributed by atoms with Crippen molar-refractivity contribution in [2.75, 3.05) is 5.32 Å². The van der Waals surface area contributed by atoms with Crippen molar-refractivity contribution < 1.29 is 9.59 Å². The zero-order valence-electron chi connectivity index (χ0n) is 15.9. The summed E-state index contributed by atoms with van der Waals surface area (Å²) in [7, 11) is 0. The number of hydrogen-bond acceptors (Lipinski definition) is 3. The summed E-state index contributed by atoms with van der Waals surface area (Å²) < 4.78 is 1.78. The first-order chi connectivity index (χ1) is 13.5. The lowest BCUT2D eigenvalue weighted by Crippen LogP contribution is -2.48. The van der Waals surface area contributed by atoms with Crippen LogP contribution in [0.5, 0.6) is 0 Å². The van der Waals surface area contributed by atoms with Crippen molar-refractivity contribution in [1.29, 1.82) is 0 Å². The number of rotatable bonds is 4. The Morgan fingerprint density at radius 2 is 2.04 bits per heavy atom. The second kappa shape index (κ2) is 7.31. The summed E-state index contributed by atoms with van der Waals surface area (Å²) in [5, 5.41) is 10.2. The van der Waals surface area contributed by atoms with E-state index in [1.165, 1.54) is 5.56 Å². The predicted octanol–water partition coefficient (Wildman–Crippen LogP) is 2.84. The maximum atomic E-state index is 12.9. The molecule has 6 heteroatoms. The summed E-state index contributed by atoms with van der Waals surface area (Å²) >= 11 is 0. The topological polar surface area (TPSA) is 76.0 Å². The summed E-state index contributed by atoms with van der Waals surface area (Å²) in [6, 6.07) is 15.0. The van der Waals surface area contributed by atoms with E-state index in [2.05, 4.69) is 21.8 Å². The summed E-state index contributed by atoms with van der Waals surface area (Å²) in [5.74, 6) is 0.198. The highest BCUT2D eigenvalue weighted by molar-refractivity contribution is 6.03. The molecule has 0 bridgehead atoms. The fourth-order valence-electron chi connectivity index (χ4n) is 3.53. The fraction of sp³-hybridized carbons (Fsp3) is 0.227. The summed E-state index contributed by atoms with van der Waals surface area (Å²) in [6.45, 7) is 4.51. The zero-order chi connectivity index (χ0) is 19.7. The van der Waals surface area contributed by atoms with Gasteiger partial charge in [-0.05, 0) is 31.0 Å². The molecule has 1 atom stereocenters. The number of fused-ring (bicyclic) bond motifs is 1. The van der Waals surface area contributed by atoms with E-state index in [9.17, 15) is 9.59 Å². The Kier molecular flexibility index (Phi) is 4.69. The normalized spacial score (nSPS) is 15.6. The highest BCUT2D eigenvalue weighted by Crippen LogP contribution is 2.20. The molecule has 1 aliphatic heterocycles. The lowest BCUT2D eigenvalue weighted by molar-refractivity contribution is -0.118. The molecule has 0 saturated heterocycles. The van der Waals surface area contributed by atoms with Gasteiger partial charge >= 0.3 is 0 Å². The minimum absolute atomic E-state index is 0.216. The predicted molar refractivity (Wildman–Crippen MR) is 107 cm³/mol. The molecule has 28 heavy (non-hydrogen) atoms. The van der Waals surface area contributed by atoms with Gasteiger partial charge < -0.3 is 10.6 Å². The van der Waals surface area contributed by atoms with E-state index >= 15 is 0 Å². The van der Waals surface area contributed by atoms with Crippen molar-refractivity contribution in [3.8, 4) is 0 Å². The van der Waals surface area contributed by atoms with Crippen molar-refractivity contribution in [1.82, 2.24) is 15.1 Å². The molecule has 0 spiro atoms. The molecule has 2 amide bonds. The second-order valence-corrected chi connectivity index (χ2v) is 7.20. The Labute approximate surface area is 163 Å². The van der Waals surface area contributed by atoms with Gasteiger partial charge in [0.2, 0.25) is 5.91 Å². The maximum absolute atomic E-state index is 12.9. The fourth-order valence-corrected chi connectivity index (χ4v) is 3.53. The van der Waals surface area contributed by atoms with Crippen LogP contribution < -0.4 is 10.6 Å². The Morgan fingerprint density at radius 1 is 1.21 bits per heavy atom. The van der Waals surface area contributed by atoms with E-state index in [0.29, 0.717) is 24.3 Å². The van der Waals surface area contributed by atoms with Crippen LogP contribution in [0, 0.1) is 13.8 Å². The number of carbonyl (C=O) groups excluding carboxylic acids is 2. The average Bonchev–Trinajstić information content (AvgIpc) is 3.01. The van der Waals surface area contributed by atoms with Gasteiger partial charge in [-0.2, -0.15) is 5.10 Å². The summed E-state index contributed by atoms with van der Waals surface area (Å²) in [4.78, 5) is 25.2. The van der Waals surface area contributed by atoms with Crippen molar-refractivity contribution in [2.45, 2.75) is 32.9 Å². The van der Waals surface area contributed by atoms with Crippen molar-refractivity contribution in [2.24, 2.45) is 0 Å². The Morgan fingerprint density at radius 3 is 2.86 bits per heavy atom. The smallest absolute Gasteiger partial charge is 0.252 e. The van der Waals surface area contributed by atoms with Crippen LogP contribution in [-0.2, 0) is 17.8 Å². The van der Waals surface area contributed by atoms with Gasteiger partial charge in [0.25, 0.3) is 5.91 Å². The number of aryl methyl sites for hydroxylation is 2. The van der Waals surface area contributed by atoms with E-state index in [1.54, 1.807) is 16.9 Å². The number of carbonyl (C=O) groups is 2. The van der Waals surface area contributed by atoms with Gasteiger partial charge in [-0.25, -0.2) is 4.68 Å². The molecular formula is C22H22N4O2. The Balaban J connectivity index is 1.53. The molecule has 1 aliphatic rings. The maximum Gasteiger partial charge on any atom is 0.252 e. The molecule has 1 aromatic heterocycles. The van der Waals surface area contributed by atoms with Crippen LogP contribution >= 0.6 is 0 Å².